The van der Waals surface area contributed by atoms with Crippen LogP contribution in [0, 0.1) is 0 Å². The number of aromatic nitrogens is 5. The first-order valence-electron chi connectivity index (χ1n) is 10.9. The highest BCUT2D eigenvalue weighted by Crippen LogP contribution is 2.44. The molecule has 0 atom stereocenters. The molecule has 5 heterocycles. The maximum Gasteiger partial charge on any atom is 0.231 e. The Hall–Kier alpha value is -3.64. The van der Waals surface area contributed by atoms with Crippen LogP contribution >= 0.6 is 11.8 Å². The number of oxazole rings is 1. The SMILES string of the molecule is Nc1ncnc2c1nc(Sc1cc3c(cc1-c1ncco1)OCO3)n2CCCN1CCC(=O)C1. The van der Waals surface area contributed by atoms with Crippen molar-refractivity contribution in [2.45, 2.75) is 29.4 Å². The third kappa shape index (κ3) is 3.84. The van der Waals surface area contributed by atoms with Crippen LogP contribution in [-0.2, 0) is 11.3 Å². The van der Waals surface area contributed by atoms with Gasteiger partial charge < -0.3 is 24.2 Å². The van der Waals surface area contributed by atoms with E-state index in [0.717, 1.165) is 30.0 Å². The maximum absolute atomic E-state index is 11.6. The lowest BCUT2D eigenvalue weighted by atomic mass is 10.2. The molecule has 1 aromatic carbocycles. The molecule has 0 saturated carbocycles. The molecule has 6 rings (SSSR count). The van der Waals surface area contributed by atoms with Gasteiger partial charge in [0.25, 0.3) is 0 Å². The molecular weight excluding hydrogens is 458 g/mol. The van der Waals surface area contributed by atoms with Gasteiger partial charge in [-0.25, -0.2) is 19.9 Å². The first-order chi connectivity index (χ1) is 16.7. The van der Waals surface area contributed by atoms with Crippen LogP contribution in [0.2, 0.25) is 0 Å². The van der Waals surface area contributed by atoms with Crippen molar-refractivity contribution in [3.8, 4) is 23.0 Å². The Morgan fingerprint density at radius 2 is 2.00 bits per heavy atom. The fraction of sp³-hybridized carbons (Fsp3) is 0.318. The summed E-state index contributed by atoms with van der Waals surface area (Å²) in [4.78, 5) is 32.3. The fourth-order valence-corrected chi connectivity index (χ4v) is 5.22. The highest BCUT2D eigenvalue weighted by molar-refractivity contribution is 7.99. The summed E-state index contributed by atoms with van der Waals surface area (Å²) in [6.07, 6.45) is 6.05. The van der Waals surface area contributed by atoms with E-state index in [2.05, 4.69) is 19.9 Å². The van der Waals surface area contributed by atoms with Crippen LogP contribution in [0.3, 0.4) is 0 Å². The molecule has 4 aromatic rings. The smallest absolute Gasteiger partial charge is 0.231 e. The summed E-state index contributed by atoms with van der Waals surface area (Å²) in [5.74, 6) is 2.39. The number of ether oxygens (including phenoxy) is 2. The Labute approximate surface area is 198 Å². The Morgan fingerprint density at radius 1 is 1.12 bits per heavy atom. The summed E-state index contributed by atoms with van der Waals surface area (Å²) < 4.78 is 18.8. The molecule has 0 unspecified atom stereocenters. The number of hydrogen-bond donors (Lipinski definition) is 1. The van der Waals surface area contributed by atoms with Crippen LogP contribution in [0.4, 0.5) is 5.82 Å². The quantitative estimate of drug-likeness (QED) is 0.419. The monoisotopic (exact) mass is 479 g/mol. The predicted octanol–water partition coefficient (Wildman–Crippen LogP) is 2.61. The summed E-state index contributed by atoms with van der Waals surface area (Å²) in [6, 6.07) is 3.77. The molecule has 11 nitrogen and oxygen atoms in total. The minimum atomic E-state index is 0.165. The molecule has 3 aromatic heterocycles. The van der Waals surface area contributed by atoms with Gasteiger partial charge in [0.1, 0.15) is 18.4 Å². The van der Waals surface area contributed by atoms with E-state index in [0.29, 0.717) is 64.8 Å². The first-order valence-corrected chi connectivity index (χ1v) is 11.7. The summed E-state index contributed by atoms with van der Waals surface area (Å²) in [7, 11) is 0. The van der Waals surface area contributed by atoms with E-state index in [4.69, 9.17) is 24.6 Å². The van der Waals surface area contributed by atoms with E-state index in [9.17, 15) is 4.79 Å². The van der Waals surface area contributed by atoms with Crippen molar-refractivity contribution in [2.75, 3.05) is 32.2 Å². The van der Waals surface area contributed by atoms with Crippen LogP contribution in [0.15, 0.2) is 45.4 Å². The number of likely N-dealkylation sites (tertiary alicyclic amines) is 1. The molecule has 0 aliphatic carbocycles. The zero-order valence-corrected chi connectivity index (χ0v) is 19.0. The van der Waals surface area contributed by atoms with Gasteiger partial charge in [-0.05, 0) is 18.6 Å². The second kappa shape index (κ2) is 8.61. The van der Waals surface area contributed by atoms with E-state index >= 15 is 0 Å². The Balaban J connectivity index is 1.35. The number of rotatable bonds is 7. The number of benzene rings is 1. The van der Waals surface area contributed by atoms with Crippen LogP contribution in [0.25, 0.3) is 22.6 Å². The van der Waals surface area contributed by atoms with E-state index < -0.39 is 0 Å². The van der Waals surface area contributed by atoms with Gasteiger partial charge in [0, 0.05) is 31.0 Å². The average Bonchev–Trinajstić information content (AvgIpc) is 3.62. The summed E-state index contributed by atoms with van der Waals surface area (Å²) in [5, 5.41) is 0.714. The van der Waals surface area contributed by atoms with Crippen molar-refractivity contribution < 1.29 is 18.7 Å². The number of nitrogen functional groups attached to an aromatic ring is 1. The lowest BCUT2D eigenvalue weighted by Gasteiger charge is -2.15. The molecule has 0 amide bonds. The van der Waals surface area contributed by atoms with Gasteiger partial charge in [0.05, 0.1) is 18.3 Å². The highest BCUT2D eigenvalue weighted by atomic mass is 32.2. The molecule has 2 aliphatic rings. The zero-order chi connectivity index (χ0) is 23.1. The third-order valence-corrected chi connectivity index (χ3v) is 6.88. The van der Waals surface area contributed by atoms with Gasteiger partial charge in [0.15, 0.2) is 33.6 Å². The van der Waals surface area contributed by atoms with Gasteiger partial charge in [-0.2, -0.15) is 0 Å². The van der Waals surface area contributed by atoms with Crippen molar-refractivity contribution in [2.24, 2.45) is 0 Å². The highest BCUT2D eigenvalue weighted by Gasteiger charge is 2.24. The van der Waals surface area contributed by atoms with Crippen molar-refractivity contribution in [1.82, 2.24) is 29.4 Å². The lowest BCUT2D eigenvalue weighted by Crippen LogP contribution is -2.23. The minimum absolute atomic E-state index is 0.165. The largest absolute Gasteiger partial charge is 0.454 e. The second-order valence-corrected chi connectivity index (χ2v) is 9.05. The molecule has 34 heavy (non-hydrogen) atoms. The van der Waals surface area contributed by atoms with Gasteiger partial charge in [0.2, 0.25) is 12.7 Å². The van der Waals surface area contributed by atoms with Crippen LogP contribution in [0.5, 0.6) is 11.5 Å². The standard InChI is InChI=1S/C22H21N7O4S/c23-19-18-20(26-11-25-19)29(5-1-4-28-6-2-13(30)10-28)22(27-18)34-17-9-16-15(32-12-33-16)8-14(17)21-24-3-7-31-21/h3,7-9,11H,1-2,4-6,10,12H2,(H2,23,25,26). The van der Waals surface area contributed by atoms with Gasteiger partial charge >= 0.3 is 0 Å². The molecule has 0 spiro atoms. The number of imidazole rings is 1. The second-order valence-electron chi connectivity index (χ2n) is 8.04. The lowest BCUT2D eigenvalue weighted by molar-refractivity contribution is -0.116. The number of Topliss-reactive ketones (excluding diaryl/α,β-unsaturated/α-hetero) is 1. The number of nitrogens with zero attached hydrogens (tertiary/aromatic N) is 6. The summed E-state index contributed by atoms with van der Waals surface area (Å²) in [6.45, 7) is 2.99. The topological polar surface area (TPSA) is 134 Å². The molecule has 2 aliphatic heterocycles. The number of ketones is 1. The maximum atomic E-state index is 11.6. The molecular formula is C22H21N7O4S. The van der Waals surface area contributed by atoms with Crippen molar-refractivity contribution >= 4 is 34.5 Å². The Morgan fingerprint density at radius 3 is 2.79 bits per heavy atom. The van der Waals surface area contributed by atoms with Gasteiger partial charge in [-0.3, -0.25) is 9.69 Å². The predicted molar refractivity (Wildman–Crippen MR) is 123 cm³/mol. The summed E-state index contributed by atoms with van der Waals surface area (Å²) >= 11 is 1.45. The molecule has 1 fully saturated rings. The normalized spacial score (nSPS) is 15.6. The molecule has 12 heteroatoms. The summed E-state index contributed by atoms with van der Waals surface area (Å²) in [5.41, 5.74) is 8.11. The fourth-order valence-electron chi connectivity index (χ4n) is 4.18. The zero-order valence-electron chi connectivity index (χ0n) is 18.1. The minimum Gasteiger partial charge on any atom is -0.454 e. The van der Waals surface area contributed by atoms with E-state index in [1.807, 2.05) is 16.7 Å². The molecule has 2 N–H and O–H groups in total. The van der Waals surface area contributed by atoms with E-state index in [-0.39, 0.29) is 6.79 Å². The van der Waals surface area contributed by atoms with Crippen LogP contribution < -0.4 is 15.2 Å². The van der Waals surface area contributed by atoms with Crippen LogP contribution in [0.1, 0.15) is 12.8 Å². The van der Waals surface area contributed by atoms with Crippen molar-refractivity contribution in [3.05, 3.63) is 30.9 Å². The molecule has 1 saturated heterocycles. The average molecular weight is 480 g/mol. The number of carbonyl (C=O) groups excluding carboxylic acids is 1. The van der Waals surface area contributed by atoms with Crippen LogP contribution in [-0.4, -0.2) is 61.6 Å². The number of aryl methyl sites for hydroxylation is 1. The first kappa shape index (κ1) is 20.9. The van der Waals surface area contributed by atoms with E-state index in [1.54, 1.807) is 6.20 Å². The number of fused-ring (bicyclic) bond motifs is 2. The van der Waals surface area contributed by atoms with Crippen molar-refractivity contribution in [3.63, 3.8) is 0 Å². The Bertz CT molecular complexity index is 1370. The number of hydrogen-bond acceptors (Lipinski definition) is 11. The van der Waals surface area contributed by atoms with E-state index in [1.165, 1.54) is 24.4 Å². The third-order valence-electron chi connectivity index (χ3n) is 5.83. The number of carbonyl (C=O) groups is 1. The molecule has 174 valence electrons. The van der Waals surface area contributed by atoms with Crippen molar-refractivity contribution in [1.29, 1.82) is 0 Å². The molecule has 0 radical (unpaired) electrons. The molecule has 0 bridgehead atoms. The number of anilines is 1. The Kier molecular flexibility index (Phi) is 5.30. The number of nitrogens with two attached hydrogens (primary N) is 1. The van der Waals surface area contributed by atoms with Gasteiger partial charge in [-0.1, -0.05) is 11.8 Å². The van der Waals surface area contributed by atoms with Gasteiger partial charge in [-0.15, -0.1) is 0 Å².